The number of carbonyl (C=O) groups excluding carboxylic acids is 1. The molecular weight excluding hydrogens is 156 g/mol. The average molecular weight is 164 g/mol. The van der Waals surface area contributed by atoms with Crippen molar-refractivity contribution in [1.29, 1.82) is 0 Å². The summed E-state index contributed by atoms with van der Waals surface area (Å²) in [5.74, 6) is -1.27. The van der Waals surface area contributed by atoms with Crippen LogP contribution in [-0.2, 0) is 31.3 Å². The summed E-state index contributed by atoms with van der Waals surface area (Å²) in [6.45, 7) is 1.64. The Morgan fingerprint density at radius 3 is 2.00 bits per heavy atom. The van der Waals surface area contributed by atoms with Crippen molar-refractivity contribution in [2.24, 2.45) is 0 Å². The van der Waals surface area contributed by atoms with Crippen LogP contribution in [0.2, 0.25) is 0 Å². The van der Waals surface area contributed by atoms with Gasteiger partial charge in [-0.2, -0.15) is 0 Å². The molecule has 0 aromatic carbocycles. The van der Waals surface area contributed by atoms with Crippen LogP contribution in [0.15, 0.2) is 0 Å². The first-order chi connectivity index (χ1) is 3.66. The van der Waals surface area contributed by atoms with Crippen molar-refractivity contribution < 1.29 is 36.4 Å². The van der Waals surface area contributed by atoms with Crippen LogP contribution in [-0.4, -0.2) is 16.9 Å². The molecule has 9 heavy (non-hydrogen) atoms. The second-order valence-corrected chi connectivity index (χ2v) is 1.46. The number of Topliss-reactive ketones (excluding diaryl/α,β-unsaturated/α-hetero) is 1. The summed E-state index contributed by atoms with van der Waals surface area (Å²) in [5, 5.41) is 7.99. The fourth-order valence-electron chi connectivity index (χ4n) is 0.294. The molecule has 3 nitrogen and oxygen atoms in total. The van der Waals surface area contributed by atoms with E-state index < -0.39 is 5.97 Å². The van der Waals surface area contributed by atoms with Gasteiger partial charge in [-0.3, -0.25) is 9.59 Å². The van der Waals surface area contributed by atoms with Gasteiger partial charge in [0.15, 0.2) is 0 Å². The zero-order chi connectivity index (χ0) is 6.57. The van der Waals surface area contributed by atoms with E-state index in [1.54, 1.807) is 6.92 Å². The molecule has 0 amide bonds. The van der Waals surface area contributed by atoms with Crippen LogP contribution in [0, 0.1) is 0 Å². The molecule has 0 spiro atoms. The van der Waals surface area contributed by atoms with Gasteiger partial charge in [0.05, 0.1) is 0 Å². The molecule has 0 heterocycles. The van der Waals surface area contributed by atoms with Crippen molar-refractivity contribution >= 4 is 11.8 Å². The van der Waals surface area contributed by atoms with Gasteiger partial charge in [-0.25, -0.2) is 0 Å². The minimum absolute atomic E-state index is 0. The SMILES string of the molecule is CCC(=O)CC(=O)O.[Ti]. The Hall–Kier alpha value is -0.146. The summed E-state index contributed by atoms with van der Waals surface area (Å²) in [7, 11) is 0. The first kappa shape index (κ1) is 11.6. The van der Waals surface area contributed by atoms with Gasteiger partial charge in [0.2, 0.25) is 0 Å². The third-order valence-corrected chi connectivity index (χ3v) is 0.743. The Morgan fingerprint density at radius 2 is 1.89 bits per heavy atom. The predicted molar refractivity (Wildman–Crippen MR) is 27.6 cm³/mol. The van der Waals surface area contributed by atoms with Gasteiger partial charge in [0.1, 0.15) is 12.2 Å². The molecule has 0 aliphatic heterocycles. The molecule has 0 rings (SSSR count). The second kappa shape index (κ2) is 5.98. The molecule has 4 heteroatoms. The van der Waals surface area contributed by atoms with Gasteiger partial charge in [-0.1, -0.05) is 6.92 Å². The first-order valence-corrected chi connectivity index (χ1v) is 2.40. The largest absolute Gasteiger partial charge is 0.481 e. The summed E-state index contributed by atoms with van der Waals surface area (Å²) >= 11 is 0. The second-order valence-electron chi connectivity index (χ2n) is 1.46. The molecule has 0 aliphatic carbocycles. The number of carboxylic acids is 1. The van der Waals surface area contributed by atoms with Crippen molar-refractivity contribution in [2.75, 3.05) is 0 Å². The molecule has 0 unspecified atom stereocenters. The Kier molecular flexibility index (Phi) is 7.73. The summed E-state index contributed by atoms with van der Waals surface area (Å²) in [6.07, 6.45) is -0.0250. The molecule has 0 atom stereocenters. The monoisotopic (exact) mass is 164 g/mol. The van der Waals surface area contributed by atoms with E-state index in [1.165, 1.54) is 0 Å². The Morgan fingerprint density at radius 1 is 1.44 bits per heavy atom. The molecule has 0 fully saturated rings. The third kappa shape index (κ3) is 7.85. The maximum absolute atomic E-state index is 10.2. The number of rotatable bonds is 3. The molecule has 0 aromatic rings. The quantitative estimate of drug-likeness (QED) is 0.486. The normalized spacial score (nSPS) is 7.67. The minimum atomic E-state index is -1.04. The molecule has 0 saturated carbocycles. The Labute approximate surface area is 68.3 Å². The van der Waals surface area contributed by atoms with Gasteiger partial charge in [-0.05, 0) is 0 Å². The summed E-state index contributed by atoms with van der Waals surface area (Å²) < 4.78 is 0. The molecule has 0 radical (unpaired) electrons. The van der Waals surface area contributed by atoms with E-state index in [0.717, 1.165) is 0 Å². The summed E-state index contributed by atoms with van der Waals surface area (Å²) in [5.41, 5.74) is 0. The van der Waals surface area contributed by atoms with E-state index >= 15 is 0 Å². The number of aliphatic carboxylic acids is 1. The number of carboxylic acid groups (broad SMARTS) is 1. The molecular formula is C5H8O3Ti. The summed E-state index contributed by atoms with van der Waals surface area (Å²) in [6, 6.07) is 0. The van der Waals surface area contributed by atoms with E-state index in [9.17, 15) is 9.59 Å². The maximum atomic E-state index is 10.2. The zero-order valence-electron chi connectivity index (χ0n) is 5.18. The molecule has 1 N–H and O–H groups in total. The topological polar surface area (TPSA) is 54.4 Å². The van der Waals surface area contributed by atoms with E-state index in [4.69, 9.17) is 5.11 Å². The van der Waals surface area contributed by atoms with Crippen LogP contribution in [0.3, 0.4) is 0 Å². The number of carbonyl (C=O) groups is 2. The maximum Gasteiger partial charge on any atom is 0.310 e. The van der Waals surface area contributed by atoms with Crippen LogP contribution in [0.25, 0.3) is 0 Å². The number of hydrogen-bond donors (Lipinski definition) is 1. The van der Waals surface area contributed by atoms with Gasteiger partial charge in [0.25, 0.3) is 0 Å². The zero-order valence-corrected chi connectivity index (χ0v) is 6.74. The predicted octanol–water partition coefficient (Wildman–Crippen LogP) is 0.438. The Bertz CT molecular complexity index is 111. The van der Waals surface area contributed by atoms with Crippen LogP contribution in [0.1, 0.15) is 19.8 Å². The van der Waals surface area contributed by atoms with E-state index in [2.05, 4.69) is 0 Å². The number of hydrogen-bond acceptors (Lipinski definition) is 2. The van der Waals surface area contributed by atoms with Crippen molar-refractivity contribution in [3.63, 3.8) is 0 Å². The molecule has 0 aliphatic rings. The van der Waals surface area contributed by atoms with Crippen LogP contribution < -0.4 is 0 Å². The van der Waals surface area contributed by atoms with Crippen molar-refractivity contribution in [3.05, 3.63) is 0 Å². The Balaban J connectivity index is 0. The van der Waals surface area contributed by atoms with Crippen molar-refractivity contribution in [2.45, 2.75) is 19.8 Å². The van der Waals surface area contributed by atoms with Crippen molar-refractivity contribution in [1.82, 2.24) is 0 Å². The van der Waals surface area contributed by atoms with Crippen molar-refractivity contribution in [3.8, 4) is 0 Å². The van der Waals surface area contributed by atoms with Gasteiger partial charge < -0.3 is 5.11 Å². The van der Waals surface area contributed by atoms with Crippen LogP contribution in [0.4, 0.5) is 0 Å². The molecule has 0 saturated heterocycles. The van der Waals surface area contributed by atoms with Gasteiger partial charge >= 0.3 is 5.97 Å². The third-order valence-electron chi connectivity index (χ3n) is 0.743. The standard InChI is InChI=1S/C5H8O3.Ti/c1-2-4(6)3-5(7)8;/h2-3H2,1H3,(H,7,8);. The molecule has 50 valence electrons. The first-order valence-electron chi connectivity index (χ1n) is 2.40. The van der Waals surface area contributed by atoms with E-state index in [0.29, 0.717) is 6.42 Å². The molecule has 0 bridgehead atoms. The number of ketones is 1. The minimum Gasteiger partial charge on any atom is -0.481 e. The van der Waals surface area contributed by atoms with Crippen LogP contribution in [0.5, 0.6) is 0 Å². The van der Waals surface area contributed by atoms with Gasteiger partial charge in [-0.15, -0.1) is 0 Å². The fourth-order valence-corrected chi connectivity index (χ4v) is 0.294. The molecule has 0 aromatic heterocycles. The average Bonchev–Trinajstić information content (AvgIpc) is 1.65. The van der Waals surface area contributed by atoms with Crippen LogP contribution >= 0.6 is 0 Å². The summed E-state index contributed by atoms with van der Waals surface area (Å²) in [4.78, 5) is 20.0. The van der Waals surface area contributed by atoms with Gasteiger partial charge in [0, 0.05) is 28.1 Å². The smallest absolute Gasteiger partial charge is 0.310 e. The van der Waals surface area contributed by atoms with E-state index in [-0.39, 0.29) is 33.9 Å². The fraction of sp³-hybridized carbons (Fsp3) is 0.600. The van der Waals surface area contributed by atoms with E-state index in [1.807, 2.05) is 0 Å².